The highest BCUT2D eigenvalue weighted by Crippen LogP contribution is 2.17. The van der Waals surface area contributed by atoms with Crippen molar-refractivity contribution in [3.8, 4) is 0 Å². The van der Waals surface area contributed by atoms with E-state index in [9.17, 15) is 9.18 Å². The fraction of sp³-hybridized carbons (Fsp3) is 0. The molecule has 0 fully saturated rings. The van der Waals surface area contributed by atoms with E-state index < -0.39 is 11.9 Å². The van der Waals surface area contributed by atoms with Crippen molar-refractivity contribution in [1.29, 1.82) is 0 Å². The molecule has 3 heteroatoms. The maximum atomic E-state index is 12.8. The van der Waals surface area contributed by atoms with Crippen molar-refractivity contribution < 1.29 is 10.6 Å². The van der Waals surface area contributed by atoms with Crippen molar-refractivity contribution >= 4 is 12.0 Å². The summed E-state index contributed by atoms with van der Waals surface area (Å²) in [7, 11) is 0. The monoisotopic (exact) mass is 150 g/mol. The lowest BCUT2D eigenvalue weighted by Crippen LogP contribution is -1.80. The van der Waals surface area contributed by atoms with Gasteiger partial charge in [-0.3, -0.25) is 4.79 Å². The molecule has 0 radical (unpaired) electrons. The van der Waals surface area contributed by atoms with Gasteiger partial charge in [0.1, 0.15) is 12.1 Å². The van der Waals surface area contributed by atoms with Gasteiger partial charge in [0.15, 0.2) is 0 Å². The Balaban J connectivity index is 3.41. The third kappa shape index (κ3) is 1.41. The molecule has 0 bridgehead atoms. The number of hydrogen-bond acceptors (Lipinski definition) is 1. The lowest BCUT2D eigenvalue weighted by molar-refractivity contribution is 0.112. The number of hydrogen-bond donors (Lipinski definition) is 0. The molecule has 1 aromatic rings. The first-order valence-corrected chi connectivity index (χ1v) is 2.82. The van der Waals surface area contributed by atoms with E-state index in [4.69, 9.17) is 7.94 Å². The zero-order valence-electron chi connectivity index (χ0n) is 6.47. The van der Waals surface area contributed by atoms with Crippen LogP contribution in [-0.4, -0.2) is 6.29 Å². The van der Waals surface area contributed by atoms with Crippen molar-refractivity contribution in [3.05, 3.63) is 41.0 Å². The smallest absolute Gasteiger partial charge is 0.222 e. The van der Waals surface area contributed by atoms with E-state index in [1.54, 1.807) is 0 Å². The zero-order chi connectivity index (χ0) is 9.14. The van der Waals surface area contributed by atoms with Crippen molar-refractivity contribution in [2.24, 2.45) is 0 Å². The SMILES string of the molecule is [2H]c1cc(C=O)cc([N+]#[C-])c1F. The molecule has 0 atom stereocenters. The number of rotatable bonds is 1. The average molecular weight is 150 g/mol. The second kappa shape index (κ2) is 2.93. The Bertz CT molecular complexity index is 370. The minimum Gasteiger partial charge on any atom is -0.298 e. The fourth-order valence-electron chi connectivity index (χ4n) is 0.633. The number of benzene rings is 1. The molecule has 0 unspecified atom stereocenters. The van der Waals surface area contributed by atoms with Crippen LogP contribution in [0.25, 0.3) is 4.85 Å². The van der Waals surface area contributed by atoms with Crippen molar-refractivity contribution in [2.45, 2.75) is 0 Å². The van der Waals surface area contributed by atoms with Crippen LogP contribution in [0.2, 0.25) is 0 Å². The first-order chi connectivity index (χ1) is 5.69. The van der Waals surface area contributed by atoms with Crippen molar-refractivity contribution in [3.63, 3.8) is 0 Å². The van der Waals surface area contributed by atoms with Crippen LogP contribution in [0.15, 0.2) is 18.2 Å². The van der Waals surface area contributed by atoms with E-state index in [0.717, 1.165) is 12.1 Å². The first kappa shape index (κ1) is 6.05. The quantitative estimate of drug-likeness (QED) is 0.444. The van der Waals surface area contributed by atoms with Crippen LogP contribution in [0.4, 0.5) is 10.1 Å². The molecule has 54 valence electrons. The fourth-order valence-corrected chi connectivity index (χ4v) is 0.633. The highest BCUT2D eigenvalue weighted by Gasteiger charge is 2.00. The Morgan fingerprint density at radius 3 is 3.09 bits per heavy atom. The summed E-state index contributed by atoms with van der Waals surface area (Å²) in [6.45, 7) is 6.54. The maximum Gasteiger partial charge on any atom is 0.222 e. The van der Waals surface area contributed by atoms with Gasteiger partial charge >= 0.3 is 0 Å². The Labute approximate surface area is 64.5 Å². The van der Waals surface area contributed by atoms with Gasteiger partial charge in [-0.2, -0.15) is 0 Å². The third-order valence-corrected chi connectivity index (χ3v) is 1.15. The molecule has 0 aliphatic rings. The van der Waals surface area contributed by atoms with Crippen molar-refractivity contribution in [2.75, 3.05) is 0 Å². The molecule has 2 nitrogen and oxygen atoms in total. The molecule has 0 saturated heterocycles. The van der Waals surface area contributed by atoms with E-state index in [1.807, 2.05) is 0 Å². The van der Waals surface area contributed by atoms with E-state index >= 15 is 0 Å². The van der Waals surface area contributed by atoms with Gasteiger partial charge in [-0.15, -0.1) is 0 Å². The molecule has 0 spiro atoms. The van der Waals surface area contributed by atoms with Gasteiger partial charge in [-0.25, -0.2) is 9.24 Å². The third-order valence-electron chi connectivity index (χ3n) is 1.15. The molecule has 0 N–H and O–H groups in total. The van der Waals surface area contributed by atoms with Gasteiger partial charge < -0.3 is 0 Å². The van der Waals surface area contributed by atoms with Crippen LogP contribution in [0.1, 0.15) is 11.7 Å². The second-order valence-electron chi connectivity index (χ2n) is 1.86. The van der Waals surface area contributed by atoms with Crippen LogP contribution in [0.3, 0.4) is 0 Å². The Hall–Kier alpha value is -1.69. The first-order valence-electron chi connectivity index (χ1n) is 3.32. The van der Waals surface area contributed by atoms with Gasteiger partial charge in [-0.1, -0.05) is 6.07 Å². The van der Waals surface area contributed by atoms with Gasteiger partial charge in [0.25, 0.3) is 0 Å². The number of halogens is 1. The summed E-state index contributed by atoms with van der Waals surface area (Å²) in [6, 6.07) is 1.77. The normalized spacial score (nSPS) is 10.0. The molecular formula is C8H4FNO. The van der Waals surface area contributed by atoms with Crippen LogP contribution in [0.5, 0.6) is 0 Å². The molecule has 1 aromatic carbocycles. The molecule has 0 aromatic heterocycles. The predicted octanol–water partition coefficient (Wildman–Crippen LogP) is 2.19. The van der Waals surface area contributed by atoms with Crippen molar-refractivity contribution in [1.82, 2.24) is 0 Å². The maximum absolute atomic E-state index is 12.8. The summed E-state index contributed by atoms with van der Waals surface area (Å²) in [5.74, 6) is -0.879. The summed E-state index contributed by atoms with van der Waals surface area (Å²) in [4.78, 5) is 13.1. The number of aldehydes is 1. The second-order valence-corrected chi connectivity index (χ2v) is 1.86. The summed E-state index contributed by atoms with van der Waals surface area (Å²) < 4.78 is 19.8. The number of carbonyl (C=O) groups is 1. The van der Waals surface area contributed by atoms with Crippen LogP contribution in [-0.2, 0) is 0 Å². The van der Waals surface area contributed by atoms with Crippen LogP contribution < -0.4 is 0 Å². The average Bonchev–Trinajstić information content (AvgIpc) is 2.09. The molecular weight excluding hydrogens is 145 g/mol. The molecule has 0 aliphatic carbocycles. The summed E-state index contributed by atoms with van der Waals surface area (Å²) in [6.07, 6.45) is 0.478. The Kier molecular flexibility index (Phi) is 1.61. The molecule has 0 saturated carbocycles. The predicted molar refractivity (Wildman–Crippen MR) is 38.0 cm³/mol. The largest absolute Gasteiger partial charge is 0.298 e. The van der Waals surface area contributed by atoms with Crippen LogP contribution >= 0.6 is 0 Å². The van der Waals surface area contributed by atoms with Gasteiger partial charge in [0.2, 0.25) is 5.69 Å². The molecule has 0 heterocycles. The summed E-state index contributed by atoms with van der Waals surface area (Å²) in [5.41, 5.74) is -0.142. The van der Waals surface area contributed by atoms with Crippen LogP contribution in [0, 0.1) is 12.4 Å². The zero-order valence-corrected chi connectivity index (χ0v) is 5.47. The molecule has 1 rings (SSSR count). The van der Waals surface area contributed by atoms with E-state index in [1.165, 1.54) is 0 Å². The molecule has 0 amide bonds. The topological polar surface area (TPSA) is 21.4 Å². The highest BCUT2D eigenvalue weighted by molar-refractivity contribution is 5.77. The van der Waals surface area contributed by atoms with Gasteiger partial charge in [-0.05, 0) is 12.1 Å². The van der Waals surface area contributed by atoms with E-state index in [2.05, 4.69) is 4.85 Å². The van der Waals surface area contributed by atoms with Gasteiger partial charge in [0.05, 0.1) is 7.94 Å². The van der Waals surface area contributed by atoms with Gasteiger partial charge in [0, 0.05) is 5.56 Å². The minimum atomic E-state index is -0.879. The summed E-state index contributed by atoms with van der Waals surface area (Å²) in [5, 5.41) is 0. The highest BCUT2D eigenvalue weighted by atomic mass is 19.1. The summed E-state index contributed by atoms with van der Waals surface area (Å²) >= 11 is 0. The minimum absolute atomic E-state index is 0.146. The lowest BCUT2D eigenvalue weighted by atomic mass is 10.2. The lowest BCUT2D eigenvalue weighted by Gasteiger charge is -1.92. The molecule has 0 aliphatic heterocycles. The molecule has 11 heavy (non-hydrogen) atoms. The number of nitrogens with zero attached hydrogens (tertiary/aromatic N) is 1. The van der Waals surface area contributed by atoms with E-state index in [-0.39, 0.29) is 11.3 Å². The Morgan fingerprint density at radius 2 is 2.55 bits per heavy atom. The number of carbonyl (C=O) groups excluding carboxylic acids is 1. The van der Waals surface area contributed by atoms with E-state index in [0.29, 0.717) is 6.29 Å². The Morgan fingerprint density at radius 1 is 1.82 bits per heavy atom. The standard InChI is InChI=1S/C8H4FNO/c1-10-8-4-6(5-11)2-3-7(8)9/h2-5H/i3D.